The number of aliphatic imine (C=N–C) groups is 3. The molecule has 7 rings (SSSR count). The Hall–Kier alpha value is -5.35. The van der Waals surface area contributed by atoms with Crippen molar-refractivity contribution in [2.75, 3.05) is 0 Å². The fourth-order valence-corrected chi connectivity index (χ4v) is 6.74. The summed E-state index contributed by atoms with van der Waals surface area (Å²) < 4.78 is 6.55. The number of nitrogens with zero attached hydrogens (tertiary/aromatic N) is 3. The molecule has 3 aromatic rings. The molecule has 47 heavy (non-hydrogen) atoms. The standard InChI is InChI=1S/C43H39N3O/c1-30-37-20-9-12-23-40(37)46-42(43(30)47-36-18-7-4-8-19-36)35-17-13-14-31(28-35)29-45-39-22-11-10-21-38(39)41(44-2)34-26-24-33(25-27-34)32-15-5-3-6-16-32/h3-9,11-19,22-26,28,34,37H,2,10,20-21,27,29H2,1H3/b41-38-,45-39?. The lowest BCUT2D eigenvalue weighted by molar-refractivity contribution is 0.434. The minimum absolute atomic E-state index is 0.185. The molecule has 3 aromatic carbocycles. The van der Waals surface area contributed by atoms with Gasteiger partial charge in [-0.15, -0.1) is 0 Å². The highest BCUT2D eigenvalue weighted by Crippen LogP contribution is 2.38. The summed E-state index contributed by atoms with van der Waals surface area (Å²) >= 11 is 0. The predicted molar refractivity (Wildman–Crippen MR) is 196 cm³/mol. The molecular formula is C43H39N3O. The van der Waals surface area contributed by atoms with E-state index >= 15 is 0 Å². The summed E-state index contributed by atoms with van der Waals surface area (Å²) in [6.07, 6.45) is 21.3. The van der Waals surface area contributed by atoms with Crippen LogP contribution >= 0.6 is 0 Å². The van der Waals surface area contributed by atoms with Gasteiger partial charge in [-0.3, -0.25) is 9.98 Å². The van der Waals surface area contributed by atoms with E-state index in [4.69, 9.17) is 14.7 Å². The molecule has 0 N–H and O–H groups in total. The Bertz CT molecular complexity index is 1950. The van der Waals surface area contributed by atoms with Crippen LogP contribution in [0.3, 0.4) is 0 Å². The third-order valence-corrected chi connectivity index (χ3v) is 9.25. The molecule has 0 saturated carbocycles. The van der Waals surface area contributed by atoms with Crippen LogP contribution in [0.4, 0.5) is 0 Å². The van der Waals surface area contributed by atoms with Gasteiger partial charge in [0.2, 0.25) is 0 Å². The van der Waals surface area contributed by atoms with E-state index in [1.807, 2.05) is 30.3 Å². The van der Waals surface area contributed by atoms with Gasteiger partial charge in [-0.2, -0.15) is 0 Å². The highest BCUT2D eigenvalue weighted by atomic mass is 16.5. The van der Waals surface area contributed by atoms with Gasteiger partial charge < -0.3 is 4.74 Å². The van der Waals surface area contributed by atoms with Crippen molar-refractivity contribution in [2.24, 2.45) is 26.8 Å². The lowest BCUT2D eigenvalue weighted by Gasteiger charge is -2.29. The average molecular weight is 614 g/mol. The molecule has 1 heterocycles. The van der Waals surface area contributed by atoms with Crippen LogP contribution in [0.15, 0.2) is 177 Å². The Balaban J connectivity index is 1.16. The van der Waals surface area contributed by atoms with E-state index < -0.39 is 0 Å². The summed E-state index contributed by atoms with van der Waals surface area (Å²) in [6.45, 7) is 6.73. The molecule has 0 radical (unpaired) electrons. The molecule has 3 aliphatic carbocycles. The van der Waals surface area contributed by atoms with E-state index in [1.165, 1.54) is 22.3 Å². The van der Waals surface area contributed by atoms with Crippen molar-refractivity contribution < 1.29 is 4.74 Å². The zero-order valence-corrected chi connectivity index (χ0v) is 26.8. The van der Waals surface area contributed by atoms with Crippen LogP contribution in [0.1, 0.15) is 49.3 Å². The summed E-state index contributed by atoms with van der Waals surface area (Å²) in [4.78, 5) is 14.9. The van der Waals surface area contributed by atoms with Gasteiger partial charge in [0, 0.05) is 23.1 Å². The van der Waals surface area contributed by atoms with Gasteiger partial charge in [0.1, 0.15) is 11.5 Å². The van der Waals surface area contributed by atoms with Gasteiger partial charge in [-0.1, -0.05) is 103 Å². The van der Waals surface area contributed by atoms with Crippen LogP contribution < -0.4 is 4.74 Å². The first-order chi connectivity index (χ1) is 23.2. The number of dihydropyridines is 1. The molecule has 2 atom stereocenters. The summed E-state index contributed by atoms with van der Waals surface area (Å²) in [5, 5.41) is 0. The zero-order chi connectivity index (χ0) is 32.0. The first-order valence-electron chi connectivity index (χ1n) is 16.5. The fourth-order valence-electron chi connectivity index (χ4n) is 6.74. The monoisotopic (exact) mass is 613 g/mol. The number of allylic oxidation sites excluding steroid dienone is 12. The maximum atomic E-state index is 6.55. The van der Waals surface area contributed by atoms with Crippen LogP contribution in [0, 0.1) is 11.8 Å². The molecule has 0 saturated heterocycles. The van der Waals surface area contributed by atoms with Crippen LogP contribution in [-0.2, 0) is 6.54 Å². The molecule has 232 valence electrons. The Kier molecular flexibility index (Phi) is 9.01. The van der Waals surface area contributed by atoms with Gasteiger partial charge in [0.15, 0.2) is 5.76 Å². The van der Waals surface area contributed by atoms with Crippen molar-refractivity contribution >= 4 is 23.7 Å². The molecule has 0 amide bonds. The molecule has 4 heteroatoms. The summed E-state index contributed by atoms with van der Waals surface area (Å²) in [7, 11) is 0. The van der Waals surface area contributed by atoms with Crippen LogP contribution in [-0.4, -0.2) is 18.1 Å². The second-order valence-corrected chi connectivity index (χ2v) is 12.3. The van der Waals surface area contributed by atoms with Gasteiger partial charge >= 0.3 is 0 Å². The summed E-state index contributed by atoms with van der Waals surface area (Å²) in [5.41, 5.74) is 11.0. The molecule has 4 aliphatic rings. The third kappa shape index (κ3) is 6.64. The third-order valence-electron chi connectivity index (χ3n) is 9.25. The highest BCUT2D eigenvalue weighted by molar-refractivity contribution is 6.13. The largest absolute Gasteiger partial charge is 0.455 e. The second-order valence-electron chi connectivity index (χ2n) is 12.3. The van der Waals surface area contributed by atoms with Gasteiger partial charge in [0.05, 0.1) is 18.0 Å². The van der Waals surface area contributed by atoms with E-state index in [2.05, 4.69) is 122 Å². The number of rotatable bonds is 8. The minimum Gasteiger partial charge on any atom is -0.455 e. The molecule has 2 unspecified atom stereocenters. The van der Waals surface area contributed by atoms with Crippen molar-refractivity contribution in [2.45, 2.75) is 39.2 Å². The van der Waals surface area contributed by atoms with Gasteiger partial charge in [0.25, 0.3) is 0 Å². The first kappa shape index (κ1) is 30.3. The molecule has 1 aliphatic heterocycles. The number of ether oxygens (including phenoxy) is 1. The van der Waals surface area contributed by atoms with Crippen LogP contribution in [0.2, 0.25) is 0 Å². The average Bonchev–Trinajstić information content (AvgIpc) is 3.14. The van der Waals surface area contributed by atoms with Crippen molar-refractivity contribution in [3.05, 3.63) is 179 Å². The van der Waals surface area contributed by atoms with Crippen molar-refractivity contribution in [3.63, 3.8) is 0 Å². The maximum absolute atomic E-state index is 6.55. The summed E-state index contributed by atoms with van der Waals surface area (Å²) in [6, 6.07) is 29.1. The minimum atomic E-state index is 0.185. The molecule has 0 spiro atoms. The topological polar surface area (TPSA) is 46.3 Å². The van der Waals surface area contributed by atoms with Gasteiger partial charge in [-0.25, -0.2) is 4.99 Å². The SMILES string of the molecule is C=N/C(=C1/CCC=CC1=NCc1cccc(C2=NC3=CC=CCC3C(C)=C2Oc2ccccc2)c1)C1C=CC(c2ccccc2)=CC1. The Morgan fingerprint density at radius 2 is 1.72 bits per heavy atom. The molecule has 4 nitrogen and oxygen atoms in total. The fraction of sp³-hybridized carbons (Fsp3) is 0.186. The normalized spacial score (nSPS) is 22.3. The number of hydrogen-bond acceptors (Lipinski definition) is 4. The van der Waals surface area contributed by atoms with Gasteiger partial charge in [-0.05, 0) is 97.5 Å². The van der Waals surface area contributed by atoms with Crippen LogP contribution in [0.5, 0.6) is 5.75 Å². The lowest BCUT2D eigenvalue weighted by atomic mass is 9.85. The van der Waals surface area contributed by atoms with E-state index in [0.29, 0.717) is 6.54 Å². The number of benzene rings is 3. The van der Waals surface area contributed by atoms with Crippen molar-refractivity contribution in [1.82, 2.24) is 0 Å². The number of para-hydroxylation sites is 1. The molecule has 0 fully saturated rings. The lowest BCUT2D eigenvalue weighted by Crippen LogP contribution is -2.23. The first-order valence-corrected chi connectivity index (χ1v) is 16.5. The number of hydrogen-bond donors (Lipinski definition) is 0. The van der Waals surface area contributed by atoms with Crippen molar-refractivity contribution in [1.29, 1.82) is 0 Å². The van der Waals surface area contributed by atoms with E-state index in [-0.39, 0.29) is 11.8 Å². The van der Waals surface area contributed by atoms with Crippen molar-refractivity contribution in [3.8, 4) is 5.75 Å². The zero-order valence-electron chi connectivity index (χ0n) is 26.8. The summed E-state index contributed by atoms with van der Waals surface area (Å²) in [5.74, 6) is 2.06. The second kappa shape index (κ2) is 14.0. The predicted octanol–water partition coefficient (Wildman–Crippen LogP) is 10.2. The molecule has 0 bridgehead atoms. The highest BCUT2D eigenvalue weighted by Gasteiger charge is 2.30. The Morgan fingerprint density at radius 1 is 0.915 bits per heavy atom. The Labute approximate surface area is 278 Å². The maximum Gasteiger partial charge on any atom is 0.153 e. The molecule has 0 aromatic heterocycles. The van der Waals surface area contributed by atoms with Crippen LogP contribution in [0.25, 0.3) is 5.57 Å². The van der Waals surface area contributed by atoms with E-state index in [0.717, 1.165) is 71.1 Å². The number of fused-ring (bicyclic) bond motifs is 1. The molecular weight excluding hydrogens is 574 g/mol. The van der Waals surface area contributed by atoms with E-state index in [1.54, 1.807) is 0 Å². The quantitative estimate of drug-likeness (QED) is 0.233. The Morgan fingerprint density at radius 3 is 2.51 bits per heavy atom. The van der Waals surface area contributed by atoms with E-state index in [9.17, 15) is 0 Å². The smallest absolute Gasteiger partial charge is 0.153 e.